The molecule has 80 heavy (non-hydrogen) atoms. The van der Waals surface area contributed by atoms with E-state index in [1.807, 2.05) is 93.9 Å². The van der Waals surface area contributed by atoms with E-state index in [0.29, 0.717) is 50.9 Å². The van der Waals surface area contributed by atoms with E-state index in [1.165, 1.54) is 7.11 Å². The molecule has 19 atom stereocenters. The predicted molar refractivity (Wildman–Crippen MR) is 298 cm³/mol. The fourth-order valence-corrected chi connectivity index (χ4v) is 11.8. The molecule has 6 heterocycles. The van der Waals surface area contributed by atoms with Crippen LogP contribution in [0.25, 0.3) is 0 Å². The van der Waals surface area contributed by atoms with Gasteiger partial charge in [-0.25, -0.2) is 4.79 Å². The Hall–Kier alpha value is -4.58. The molecule has 4 N–H and O–H groups in total. The summed E-state index contributed by atoms with van der Waals surface area (Å²) >= 11 is 0. The number of cyclic esters (lactones) is 1. The Morgan fingerprint density at radius 3 is 2.12 bits per heavy atom. The monoisotopic (exact) mass is 1120 g/mol. The number of ether oxygens (including phenoxy) is 9. The molecule has 7 rings (SSSR count). The molecule has 0 radical (unpaired) electrons. The first-order chi connectivity index (χ1) is 38.3. The van der Waals surface area contributed by atoms with E-state index in [0.717, 1.165) is 17.5 Å². The summed E-state index contributed by atoms with van der Waals surface area (Å²) < 4.78 is 58.3. The van der Waals surface area contributed by atoms with Crippen molar-refractivity contribution in [3.05, 3.63) is 120 Å². The second kappa shape index (κ2) is 30.1. The topological polar surface area (TPSA) is 222 Å². The van der Waals surface area contributed by atoms with Gasteiger partial charge >= 0.3 is 11.9 Å². The maximum absolute atomic E-state index is 13.6. The molecule has 2 aromatic heterocycles. The first-order valence-corrected chi connectivity index (χ1v) is 28.5. The van der Waals surface area contributed by atoms with E-state index in [9.17, 15) is 24.9 Å². The zero-order valence-corrected chi connectivity index (χ0v) is 48.4. The van der Waals surface area contributed by atoms with Gasteiger partial charge < -0.3 is 68.2 Å². The lowest BCUT2D eigenvalue weighted by Gasteiger charge is -2.50. The highest BCUT2D eigenvalue weighted by Gasteiger charge is 2.53. The quantitative estimate of drug-likeness (QED) is 0.105. The van der Waals surface area contributed by atoms with Gasteiger partial charge in [-0.2, -0.15) is 0 Å². The highest BCUT2D eigenvalue weighted by Crippen LogP contribution is 2.39. The minimum absolute atomic E-state index is 0.0584. The molecule has 0 amide bonds. The van der Waals surface area contributed by atoms with E-state index in [2.05, 4.69) is 34.0 Å². The second-order valence-corrected chi connectivity index (χ2v) is 22.7. The van der Waals surface area contributed by atoms with E-state index in [1.54, 1.807) is 63.5 Å². The van der Waals surface area contributed by atoms with Crippen LogP contribution in [0.1, 0.15) is 108 Å². The molecule has 4 aliphatic heterocycles. The number of aliphatic hydroxyl groups is 3. The van der Waals surface area contributed by atoms with Gasteiger partial charge in [-0.15, -0.1) is 0 Å². The number of carbonyl (C=O) groups excluding carboxylic acids is 2. The Morgan fingerprint density at radius 1 is 0.825 bits per heavy atom. The zero-order valence-electron chi connectivity index (χ0n) is 48.4. The van der Waals surface area contributed by atoms with Crippen molar-refractivity contribution in [2.75, 3.05) is 34.8 Å². The van der Waals surface area contributed by atoms with Crippen LogP contribution in [-0.2, 0) is 60.5 Å². The molecule has 3 aromatic rings. The van der Waals surface area contributed by atoms with Crippen LogP contribution in [0, 0.1) is 11.8 Å². The van der Waals surface area contributed by atoms with Gasteiger partial charge in [0.25, 0.3) is 0 Å². The number of allylic oxidation sites excluding steroid dienone is 2. The summed E-state index contributed by atoms with van der Waals surface area (Å²) in [5.74, 6) is -1.83. The zero-order chi connectivity index (χ0) is 57.5. The Balaban J connectivity index is 1.21. The first kappa shape index (κ1) is 63.0. The molecule has 19 heteroatoms. The number of aromatic nitrogens is 2. The van der Waals surface area contributed by atoms with Crippen molar-refractivity contribution < 1.29 is 67.5 Å². The minimum atomic E-state index is -1.56. The molecule has 0 saturated carbocycles. The number of hydrogen-bond acceptors (Lipinski definition) is 19. The molecular weight excluding hydrogens is 1030 g/mol. The van der Waals surface area contributed by atoms with Crippen LogP contribution >= 0.6 is 0 Å². The van der Waals surface area contributed by atoms with Gasteiger partial charge in [0, 0.05) is 63.9 Å². The van der Waals surface area contributed by atoms with Crippen LogP contribution < -0.4 is 5.32 Å². The average Bonchev–Trinajstić information content (AvgIpc) is 3.43. The lowest BCUT2D eigenvalue weighted by atomic mass is 9.82. The van der Waals surface area contributed by atoms with Crippen molar-refractivity contribution >= 4 is 11.9 Å². The molecule has 0 unspecified atom stereocenters. The number of benzene rings is 1. The third-order valence-corrected chi connectivity index (χ3v) is 16.0. The maximum atomic E-state index is 13.6. The van der Waals surface area contributed by atoms with Crippen molar-refractivity contribution in [3.8, 4) is 0 Å². The smallest absolute Gasteiger partial charge is 0.338 e. The lowest BCUT2D eigenvalue weighted by molar-refractivity contribution is -0.344. The van der Waals surface area contributed by atoms with Crippen molar-refractivity contribution in [1.29, 1.82) is 0 Å². The normalized spacial score (nSPS) is 36.7. The molecule has 0 aliphatic carbocycles. The predicted octanol–water partition coefficient (Wildman–Crippen LogP) is 6.14. The molecule has 1 aromatic carbocycles. The van der Waals surface area contributed by atoms with Gasteiger partial charge in [0.1, 0.15) is 30.0 Å². The third kappa shape index (κ3) is 17.5. The van der Waals surface area contributed by atoms with Crippen molar-refractivity contribution in [1.82, 2.24) is 25.1 Å². The lowest BCUT2D eigenvalue weighted by Crippen LogP contribution is -2.66. The number of likely N-dealkylation sites (N-methyl/N-ethyl adjacent to an activating group) is 2. The maximum Gasteiger partial charge on any atom is 0.338 e. The van der Waals surface area contributed by atoms with Crippen LogP contribution in [0.3, 0.4) is 0 Å². The number of hydrogen-bond donors (Lipinski definition) is 4. The van der Waals surface area contributed by atoms with Crippen LogP contribution in [-0.4, -0.2) is 186 Å². The molecule has 19 nitrogen and oxygen atoms in total. The fraction of sp³-hybridized carbons (Fsp3) is 0.639. The number of pyridine rings is 2. The average molecular weight is 1120 g/mol. The van der Waals surface area contributed by atoms with Gasteiger partial charge in [-0.3, -0.25) is 19.7 Å². The van der Waals surface area contributed by atoms with Crippen LogP contribution in [0.5, 0.6) is 0 Å². The molecule has 442 valence electrons. The van der Waals surface area contributed by atoms with Gasteiger partial charge in [-0.05, 0) is 135 Å². The van der Waals surface area contributed by atoms with Crippen LogP contribution in [0.2, 0.25) is 0 Å². The summed E-state index contributed by atoms with van der Waals surface area (Å²) in [6, 6.07) is 15.9. The Morgan fingerprint density at radius 2 is 1.51 bits per heavy atom. The molecule has 3 saturated heterocycles. The van der Waals surface area contributed by atoms with Gasteiger partial charge in [0.2, 0.25) is 0 Å². The number of nitrogens with zero attached hydrogens (tertiary/aromatic N) is 4. The number of rotatable bonds is 18. The number of aliphatic hydroxyl groups excluding tert-OH is 2. The number of esters is 2. The second-order valence-electron chi connectivity index (χ2n) is 22.7. The molecule has 0 bridgehead atoms. The van der Waals surface area contributed by atoms with Crippen molar-refractivity contribution in [3.63, 3.8) is 0 Å². The summed E-state index contributed by atoms with van der Waals surface area (Å²) in [6.45, 7) is 12.8. The largest absolute Gasteiger partial charge is 0.462 e. The summed E-state index contributed by atoms with van der Waals surface area (Å²) in [5.41, 5.74) is 0.826. The van der Waals surface area contributed by atoms with Gasteiger partial charge in [0.05, 0.1) is 54.6 Å². The standard InChI is InChI=1S/C61H89N5O14/c1-38-31-46(27-30-66(36-43-20-17-28-63-34-43)37-44-21-18-29-64-35-44)56(57(72-10)48(67)32-50(68)73-39(2)19-13-11-16-24-49(38)77-51-26-25-47(62-7)40(3)74-51)79-60-54(69)53(65(8)9)55(41(4)76-60)78-52-33-61(6,71)58(42(5)75-52)80-59(70)45-22-14-12-15-23-45/h11-18,20-24,28-29,34-35,38-42,46-49,51-58,60,62,67,69,71H,19,25-27,30-33,36-37H2,1-10H3/b13-11+,24-16+/t38-,39-,40-,41-,42+,46+,47+,48-,49+,51+,52+,53-,54-,55-,56+,57+,58+,60+,61-/m1/s1. The Kier molecular flexibility index (Phi) is 23.7. The van der Waals surface area contributed by atoms with Crippen LogP contribution in [0.15, 0.2) is 104 Å². The number of methoxy groups -OCH3 is 1. The summed E-state index contributed by atoms with van der Waals surface area (Å²) in [4.78, 5) is 39.8. The number of nitrogens with one attached hydrogen (secondary N) is 1. The van der Waals surface area contributed by atoms with E-state index in [4.69, 9.17) is 42.6 Å². The Bertz CT molecular complexity index is 2350. The summed E-state index contributed by atoms with van der Waals surface area (Å²) in [6.07, 6.45) is 5.56. The first-order valence-electron chi connectivity index (χ1n) is 28.5. The number of carbonyl (C=O) groups is 2. The SMILES string of the molecule is CN[C@H]1CC[C@H](O[C@H]2/C=C/C=C/C[C@@H](C)OC(=O)C[C@@H](O)[C@H](OC)[C@@H](O[C@@H]3O[C@H](C)[C@@H](O[C@H]4C[C@@](C)(O)[C@@H](OC(=O)c5ccccc5)[C@H](C)O4)[C@H](N(C)C)[C@H]3O)[C@@H](CCN(Cc3cccnc3)Cc3cccnc3)C[C@H]2C)O[C@@H]1C. The summed E-state index contributed by atoms with van der Waals surface area (Å²) in [7, 11) is 7.07. The highest BCUT2D eigenvalue weighted by atomic mass is 16.7. The fourth-order valence-electron chi connectivity index (χ4n) is 11.8. The van der Waals surface area contributed by atoms with Crippen molar-refractivity contribution in [2.45, 2.75) is 203 Å². The Labute approximate surface area is 473 Å². The molecule has 3 fully saturated rings. The molecule has 4 aliphatic rings. The van der Waals surface area contributed by atoms with Gasteiger partial charge in [0.15, 0.2) is 25.0 Å². The van der Waals surface area contributed by atoms with Gasteiger partial charge in [-0.1, -0.05) is 61.6 Å². The minimum Gasteiger partial charge on any atom is -0.462 e. The van der Waals surface area contributed by atoms with E-state index in [-0.39, 0.29) is 24.5 Å². The van der Waals surface area contributed by atoms with E-state index < -0.39 is 116 Å². The summed E-state index contributed by atoms with van der Waals surface area (Å²) in [5, 5.41) is 40.2. The van der Waals surface area contributed by atoms with Crippen LogP contribution in [0.4, 0.5) is 0 Å². The third-order valence-electron chi connectivity index (χ3n) is 16.0. The highest BCUT2D eigenvalue weighted by molar-refractivity contribution is 5.89. The van der Waals surface area contributed by atoms with Crippen molar-refractivity contribution in [2.24, 2.45) is 11.8 Å². The molecule has 0 spiro atoms. The molecular formula is C61H89N5O14. The van der Waals surface area contributed by atoms with E-state index >= 15 is 0 Å².